The number of carbonyl (C=O) groups excluding carboxylic acids is 2. The summed E-state index contributed by atoms with van der Waals surface area (Å²) in [6.07, 6.45) is 3.51. The van der Waals surface area contributed by atoms with Gasteiger partial charge in [0.15, 0.2) is 0 Å². The van der Waals surface area contributed by atoms with Gasteiger partial charge >= 0.3 is 6.18 Å². The molecule has 0 unspecified atom stereocenters. The number of H-pyrrole nitrogens is 1. The minimum atomic E-state index is -4.45. The molecule has 0 aliphatic rings. The number of benzene rings is 2. The lowest BCUT2D eigenvalue weighted by Gasteiger charge is -2.22. The number of carbonyl (C=O) groups is 2. The molecule has 7 heteroatoms. The van der Waals surface area contributed by atoms with Crippen molar-refractivity contribution in [1.82, 2.24) is 9.88 Å². The first-order valence-electron chi connectivity index (χ1n) is 12.9. The number of amides is 1. The Morgan fingerprint density at radius 3 is 1.94 bits per heavy atom. The quantitative estimate of drug-likeness (QED) is 0.147. The molecule has 36 heavy (non-hydrogen) atoms. The van der Waals surface area contributed by atoms with Crippen molar-refractivity contribution in [1.29, 1.82) is 0 Å². The molecule has 0 aliphatic carbocycles. The number of Topliss-reactive ketones (excluding diaryl/α,β-unsaturated/α-hetero) is 1. The second kappa shape index (κ2) is 12.7. The summed E-state index contributed by atoms with van der Waals surface area (Å²) in [5.41, 5.74) is 0.882. The van der Waals surface area contributed by atoms with Crippen molar-refractivity contribution in [2.75, 3.05) is 13.1 Å². The molecule has 0 radical (unpaired) electrons. The van der Waals surface area contributed by atoms with Gasteiger partial charge in [0.1, 0.15) is 0 Å². The maximum absolute atomic E-state index is 13.7. The Kier molecular flexibility index (Phi) is 9.73. The van der Waals surface area contributed by atoms with Crippen LogP contribution >= 0.6 is 0 Å². The molecule has 0 saturated heterocycles. The lowest BCUT2D eigenvalue weighted by Crippen LogP contribution is -2.38. The van der Waals surface area contributed by atoms with Gasteiger partial charge in [-0.25, -0.2) is 0 Å². The van der Waals surface area contributed by atoms with Gasteiger partial charge in [0.05, 0.1) is 16.8 Å². The van der Waals surface area contributed by atoms with E-state index >= 15 is 0 Å². The third-order valence-corrected chi connectivity index (χ3v) is 6.48. The van der Waals surface area contributed by atoms with Gasteiger partial charge in [0.25, 0.3) is 11.7 Å². The zero-order valence-electron chi connectivity index (χ0n) is 21.1. The highest BCUT2D eigenvalue weighted by atomic mass is 19.4. The first-order chi connectivity index (χ1) is 17.3. The summed E-state index contributed by atoms with van der Waals surface area (Å²) in [6.45, 7) is 5.29. The molecule has 3 rings (SSSR count). The number of halogens is 3. The summed E-state index contributed by atoms with van der Waals surface area (Å²) >= 11 is 0. The number of nitrogens with zero attached hydrogens (tertiary/aromatic N) is 1. The van der Waals surface area contributed by atoms with Gasteiger partial charge in [-0.1, -0.05) is 82.7 Å². The number of unbranched alkanes of at least 4 members (excludes halogenated alkanes) is 6. The zero-order chi connectivity index (χ0) is 26.1. The highest BCUT2D eigenvalue weighted by Gasteiger charge is 2.31. The minimum absolute atomic E-state index is 0.211. The molecule has 3 aromatic rings. The monoisotopic (exact) mass is 500 g/mol. The van der Waals surface area contributed by atoms with Gasteiger partial charge in [-0.05, 0) is 36.6 Å². The molecule has 2 aromatic carbocycles. The summed E-state index contributed by atoms with van der Waals surface area (Å²) in [4.78, 5) is 32.0. The highest BCUT2D eigenvalue weighted by Crippen LogP contribution is 2.34. The Labute approximate surface area is 210 Å². The van der Waals surface area contributed by atoms with Crippen molar-refractivity contribution < 1.29 is 22.8 Å². The molecule has 0 saturated carbocycles. The molecule has 1 heterocycles. The topological polar surface area (TPSA) is 53.2 Å². The van der Waals surface area contributed by atoms with Crippen LogP contribution in [0.3, 0.4) is 0 Å². The molecule has 0 aliphatic heterocycles. The van der Waals surface area contributed by atoms with E-state index in [9.17, 15) is 22.8 Å². The van der Waals surface area contributed by atoms with E-state index in [1.807, 2.05) is 0 Å². The van der Waals surface area contributed by atoms with E-state index in [-0.39, 0.29) is 5.56 Å². The second-order valence-corrected chi connectivity index (χ2v) is 9.24. The molecular weight excluding hydrogens is 465 g/mol. The Hall–Kier alpha value is -3.09. The van der Waals surface area contributed by atoms with Gasteiger partial charge in [-0.2, -0.15) is 13.2 Å². The van der Waals surface area contributed by atoms with Crippen LogP contribution in [-0.4, -0.2) is 34.7 Å². The lowest BCUT2D eigenvalue weighted by molar-refractivity contribution is -0.137. The van der Waals surface area contributed by atoms with E-state index in [1.165, 1.54) is 12.1 Å². The van der Waals surface area contributed by atoms with E-state index < -0.39 is 23.4 Å². The highest BCUT2D eigenvalue weighted by molar-refractivity contribution is 6.46. The van der Waals surface area contributed by atoms with Crippen molar-refractivity contribution in [3.05, 3.63) is 59.7 Å². The maximum Gasteiger partial charge on any atom is 0.416 e. The number of hydrogen-bond donors (Lipinski definition) is 1. The third kappa shape index (κ3) is 6.77. The molecular formula is C29H35F3N2O2. The Morgan fingerprint density at radius 1 is 0.806 bits per heavy atom. The number of alkyl halides is 3. The Morgan fingerprint density at radius 2 is 1.39 bits per heavy atom. The number of nitrogens with one attached hydrogen (secondary N) is 1. The fourth-order valence-corrected chi connectivity index (χ4v) is 4.44. The van der Waals surface area contributed by atoms with E-state index in [1.54, 1.807) is 29.2 Å². The molecule has 0 atom stereocenters. The standard InChI is InChI=1S/C29H35F3N2O2/c1-3-5-7-11-19-34(20-12-8-6-4-2)28(36)27(35)25-23-13-9-10-14-24(23)33-26(25)21-15-17-22(18-16-21)29(30,31)32/h9-10,13-18,33H,3-8,11-12,19-20H2,1-2H3. The molecule has 0 fully saturated rings. The van der Waals surface area contributed by atoms with Crippen molar-refractivity contribution in [2.45, 2.75) is 71.4 Å². The third-order valence-electron chi connectivity index (χ3n) is 6.48. The normalized spacial score (nSPS) is 11.7. The maximum atomic E-state index is 13.7. The molecule has 0 bridgehead atoms. The van der Waals surface area contributed by atoms with Crippen molar-refractivity contribution in [3.63, 3.8) is 0 Å². The number of para-hydroxylation sites is 1. The van der Waals surface area contributed by atoms with E-state index in [4.69, 9.17) is 0 Å². The van der Waals surface area contributed by atoms with Crippen molar-refractivity contribution >= 4 is 22.6 Å². The van der Waals surface area contributed by atoms with Crippen molar-refractivity contribution in [2.24, 2.45) is 0 Å². The minimum Gasteiger partial charge on any atom is -0.354 e. The van der Waals surface area contributed by atoms with Gasteiger partial charge in [0.2, 0.25) is 0 Å². The van der Waals surface area contributed by atoms with E-state index in [0.717, 1.165) is 63.5 Å². The van der Waals surface area contributed by atoms with Crippen molar-refractivity contribution in [3.8, 4) is 11.3 Å². The molecule has 194 valence electrons. The first kappa shape index (κ1) is 27.5. The fourth-order valence-electron chi connectivity index (χ4n) is 4.44. The molecule has 1 N–H and O–H groups in total. The second-order valence-electron chi connectivity index (χ2n) is 9.24. The summed E-state index contributed by atoms with van der Waals surface area (Å²) in [7, 11) is 0. The van der Waals surface area contributed by atoms with E-state index in [0.29, 0.717) is 35.2 Å². The first-order valence-corrected chi connectivity index (χ1v) is 12.9. The summed E-state index contributed by atoms with van der Waals surface area (Å²) in [6, 6.07) is 11.8. The predicted molar refractivity (Wildman–Crippen MR) is 138 cm³/mol. The number of aromatic amines is 1. The van der Waals surface area contributed by atoms with Crippen LogP contribution in [0.1, 0.15) is 81.1 Å². The number of hydrogen-bond acceptors (Lipinski definition) is 2. The lowest BCUT2D eigenvalue weighted by atomic mass is 9.99. The van der Waals surface area contributed by atoms with Crippen LogP contribution in [-0.2, 0) is 11.0 Å². The number of rotatable bonds is 13. The van der Waals surface area contributed by atoms with Gasteiger partial charge in [-0.15, -0.1) is 0 Å². The SMILES string of the molecule is CCCCCCN(CCCCCC)C(=O)C(=O)c1c(-c2ccc(C(F)(F)F)cc2)[nH]c2ccccc12. The fraction of sp³-hybridized carbons (Fsp3) is 0.448. The van der Waals surface area contributed by atoms with Gasteiger partial charge < -0.3 is 9.88 Å². The molecule has 1 amide bonds. The average Bonchev–Trinajstić information content (AvgIpc) is 3.26. The summed E-state index contributed by atoms with van der Waals surface area (Å²) in [5, 5.41) is 0.586. The van der Waals surface area contributed by atoms with Crippen LogP contribution in [0.4, 0.5) is 13.2 Å². The molecule has 4 nitrogen and oxygen atoms in total. The Balaban J connectivity index is 1.94. The predicted octanol–water partition coefficient (Wildman–Crippen LogP) is 8.03. The van der Waals surface area contributed by atoms with Crippen LogP contribution in [0.5, 0.6) is 0 Å². The van der Waals surface area contributed by atoms with Crippen LogP contribution in [0.25, 0.3) is 22.2 Å². The van der Waals surface area contributed by atoms with Crippen LogP contribution in [0, 0.1) is 0 Å². The smallest absolute Gasteiger partial charge is 0.354 e. The largest absolute Gasteiger partial charge is 0.416 e. The van der Waals surface area contributed by atoms with Crippen LogP contribution in [0.15, 0.2) is 48.5 Å². The molecule has 1 aromatic heterocycles. The van der Waals surface area contributed by atoms with E-state index in [2.05, 4.69) is 18.8 Å². The van der Waals surface area contributed by atoms with Crippen LogP contribution < -0.4 is 0 Å². The Bertz CT molecular complexity index is 1140. The number of aromatic nitrogens is 1. The summed E-state index contributed by atoms with van der Waals surface area (Å²) in [5.74, 6) is -1.19. The average molecular weight is 501 g/mol. The van der Waals surface area contributed by atoms with Gasteiger partial charge in [-0.3, -0.25) is 9.59 Å². The number of ketones is 1. The molecule has 0 spiro atoms. The summed E-state index contributed by atoms with van der Waals surface area (Å²) < 4.78 is 39.2. The number of fused-ring (bicyclic) bond motifs is 1. The van der Waals surface area contributed by atoms with Gasteiger partial charge in [0, 0.05) is 24.0 Å². The zero-order valence-corrected chi connectivity index (χ0v) is 21.1. The van der Waals surface area contributed by atoms with Crippen LogP contribution in [0.2, 0.25) is 0 Å².